The molecule has 0 saturated heterocycles. The second kappa shape index (κ2) is 5.41. The van der Waals surface area contributed by atoms with E-state index >= 15 is 0 Å². The normalized spacial score (nSPS) is 23.0. The van der Waals surface area contributed by atoms with Gasteiger partial charge in [-0.1, -0.05) is 6.07 Å². The molecule has 94 valence electrons. The summed E-state index contributed by atoms with van der Waals surface area (Å²) in [7, 11) is 5.46. The van der Waals surface area contributed by atoms with Crippen LogP contribution in [0.3, 0.4) is 0 Å². The first kappa shape index (κ1) is 12.2. The van der Waals surface area contributed by atoms with Gasteiger partial charge in [0.2, 0.25) is 0 Å². The number of methoxy groups -OCH3 is 2. The molecule has 0 spiro atoms. The summed E-state index contributed by atoms with van der Waals surface area (Å²) in [5.41, 5.74) is 1.24. The quantitative estimate of drug-likeness (QED) is 0.850. The molecule has 0 radical (unpaired) electrons. The highest BCUT2D eigenvalue weighted by Crippen LogP contribution is 2.48. The SMILES string of the molecule is CNCC1CCC1c1c(OC)cccc1OC. The first-order valence-electron chi connectivity index (χ1n) is 6.17. The third-order valence-electron chi connectivity index (χ3n) is 3.72. The van der Waals surface area contributed by atoms with E-state index in [0.29, 0.717) is 11.8 Å². The predicted octanol–water partition coefficient (Wildman–Crippen LogP) is 2.42. The van der Waals surface area contributed by atoms with Crippen LogP contribution in [0.5, 0.6) is 11.5 Å². The zero-order valence-corrected chi connectivity index (χ0v) is 10.8. The van der Waals surface area contributed by atoms with Gasteiger partial charge in [-0.3, -0.25) is 0 Å². The van der Waals surface area contributed by atoms with Crippen LogP contribution in [-0.2, 0) is 0 Å². The molecule has 0 aromatic heterocycles. The molecule has 1 aliphatic carbocycles. The lowest BCUT2D eigenvalue weighted by molar-refractivity contribution is 0.237. The highest BCUT2D eigenvalue weighted by atomic mass is 16.5. The summed E-state index contributed by atoms with van der Waals surface area (Å²) in [5, 5.41) is 3.26. The summed E-state index contributed by atoms with van der Waals surface area (Å²) in [5.74, 6) is 3.17. The molecule has 0 heterocycles. The third-order valence-corrected chi connectivity index (χ3v) is 3.72. The van der Waals surface area contributed by atoms with Crippen molar-refractivity contribution < 1.29 is 9.47 Å². The number of rotatable bonds is 5. The largest absolute Gasteiger partial charge is 0.496 e. The van der Waals surface area contributed by atoms with E-state index in [1.54, 1.807) is 14.2 Å². The fourth-order valence-corrected chi connectivity index (χ4v) is 2.70. The third kappa shape index (κ3) is 2.25. The minimum atomic E-state index is 0.563. The Balaban J connectivity index is 2.29. The van der Waals surface area contributed by atoms with Crippen molar-refractivity contribution in [3.8, 4) is 11.5 Å². The molecular weight excluding hydrogens is 214 g/mol. The van der Waals surface area contributed by atoms with Gasteiger partial charge in [0, 0.05) is 5.56 Å². The summed E-state index contributed by atoms with van der Waals surface area (Å²) < 4.78 is 10.9. The molecule has 17 heavy (non-hydrogen) atoms. The van der Waals surface area contributed by atoms with Gasteiger partial charge < -0.3 is 14.8 Å². The lowest BCUT2D eigenvalue weighted by atomic mass is 9.69. The van der Waals surface area contributed by atoms with Crippen LogP contribution in [0.2, 0.25) is 0 Å². The lowest BCUT2D eigenvalue weighted by Crippen LogP contribution is -2.32. The van der Waals surface area contributed by atoms with Crippen molar-refractivity contribution >= 4 is 0 Å². The van der Waals surface area contributed by atoms with Gasteiger partial charge in [-0.15, -0.1) is 0 Å². The van der Waals surface area contributed by atoms with Gasteiger partial charge in [-0.2, -0.15) is 0 Å². The Labute approximate surface area is 103 Å². The van der Waals surface area contributed by atoms with E-state index in [9.17, 15) is 0 Å². The number of ether oxygens (including phenoxy) is 2. The van der Waals surface area contributed by atoms with E-state index in [4.69, 9.17) is 9.47 Å². The Morgan fingerprint density at radius 2 is 1.82 bits per heavy atom. The van der Waals surface area contributed by atoms with Crippen molar-refractivity contribution in [1.82, 2.24) is 5.32 Å². The topological polar surface area (TPSA) is 30.5 Å². The summed E-state index contributed by atoms with van der Waals surface area (Å²) >= 11 is 0. The van der Waals surface area contributed by atoms with E-state index in [2.05, 4.69) is 5.32 Å². The van der Waals surface area contributed by atoms with Crippen LogP contribution >= 0.6 is 0 Å². The van der Waals surface area contributed by atoms with Crippen LogP contribution in [0.25, 0.3) is 0 Å². The highest BCUT2D eigenvalue weighted by Gasteiger charge is 2.35. The molecule has 1 aromatic rings. The van der Waals surface area contributed by atoms with Crippen LogP contribution in [-0.4, -0.2) is 27.8 Å². The van der Waals surface area contributed by atoms with E-state index in [1.807, 2.05) is 25.2 Å². The molecule has 2 atom stereocenters. The van der Waals surface area contributed by atoms with Gasteiger partial charge in [-0.05, 0) is 50.4 Å². The molecule has 1 fully saturated rings. The molecule has 2 rings (SSSR count). The lowest BCUT2D eigenvalue weighted by Gasteiger charge is -2.38. The van der Waals surface area contributed by atoms with Crippen molar-refractivity contribution in [3.05, 3.63) is 23.8 Å². The average Bonchev–Trinajstić information content (AvgIpc) is 2.35. The van der Waals surface area contributed by atoms with Gasteiger partial charge >= 0.3 is 0 Å². The number of hydrogen-bond donors (Lipinski definition) is 1. The van der Waals surface area contributed by atoms with Crippen LogP contribution in [0.1, 0.15) is 24.3 Å². The van der Waals surface area contributed by atoms with Crippen LogP contribution in [0.4, 0.5) is 0 Å². The molecule has 3 heteroatoms. The van der Waals surface area contributed by atoms with Crippen molar-refractivity contribution in [3.63, 3.8) is 0 Å². The number of benzene rings is 1. The summed E-state index contributed by atoms with van der Waals surface area (Å²) in [4.78, 5) is 0. The first-order chi connectivity index (χ1) is 8.31. The summed E-state index contributed by atoms with van der Waals surface area (Å²) in [6, 6.07) is 6.02. The monoisotopic (exact) mass is 235 g/mol. The van der Waals surface area contributed by atoms with Crippen molar-refractivity contribution in [2.45, 2.75) is 18.8 Å². The standard InChI is InChI=1S/C14H21NO2/c1-15-9-10-7-8-11(10)14-12(16-2)5-4-6-13(14)17-3/h4-6,10-11,15H,7-9H2,1-3H3. The van der Waals surface area contributed by atoms with Crippen LogP contribution in [0.15, 0.2) is 18.2 Å². The van der Waals surface area contributed by atoms with E-state index in [1.165, 1.54) is 18.4 Å². The maximum absolute atomic E-state index is 5.47. The molecule has 0 aliphatic heterocycles. The first-order valence-corrected chi connectivity index (χ1v) is 6.17. The molecule has 1 saturated carbocycles. The van der Waals surface area contributed by atoms with Crippen molar-refractivity contribution in [2.75, 3.05) is 27.8 Å². The van der Waals surface area contributed by atoms with Gasteiger partial charge in [0.15, 0.2) is 0 Å². The van der Waals surface area contributed by atoms with Gasteiger partial charge in [0.1, 0.15) is 11.5 Å². The number of nitrogens with one attached hydrogen (secondary N) is 1. The Morgan fingerprint density at radius 3 is 2.24 bits per heavy atom. The molecule has 1 aromatic carbocycles. The minimum absolute atomic E-state index is 0.563. The highest BCUT2D eigenvalue weighted by molar-refractivity contribution is 5.48. The van der Waals surface area contributed by atoms with Crippen molar-refractivity contribution in [2.24, 2.45) is 5.92 Å². The van der Waals surface area contributed by atoms with Crippen LogP contribution in [0, 0.1) is 5.92 Å². The molecule has 1 N–H and O–H groups in total. The fraction of sp³-hybridized carbons (Fsp3) is 0.571. The summed E-state index contributed by atoms with van der Waals surface area (Å²) in [6.07, 6.45) is 2.51. The summed E-state index contributed by atoms with van der Waals surface area (Å²) in [6.45, 7) is 1.06. The smallest absolute Gasteiger partial charge is 0.126 e. The van der Waals surface area contributed by atoms with Crippen LogP contribution < -0.4 is 14.8 Å². The molecule has 2 unspecified atom stereocenters. The zero-order valence-electron chi connectivity index (χ0n) is 10.8. The Morgan fingerprint density at radius 1 is 1.18 bits per heavy atom. The second-order valence-electron chi connectivity index (χ2n) is 4.58. The molecular formula is C14H21NO2. The zero-order chi connectivity index (χ0) is 12.3. The Bertz CT molecular complexity index is 356. The predicted molar refractivity (Wildman–Crippen MR) is 68.9 cm³/mol. The van der Waals surface area contributed by atoms with E-state index in [0.717, 1.165) is 18.0 Å². The van der Waals surface area contributed by atoms with Crippen molar-refractivity contribution in [1.29, 1.82) is 0 Å². The van der Waals surface area contributed by atoms with E-state index in [-0.39, 0.29) is 0 Å². The molecule has 1 aliphatic rings. The molecule has 3 nitrogen and oxygen atoms in total. The average molecular weight is 235 g/mol. The number of hydrogen-bond acceptors (Lipinski definition) is 3. The minimum Gasteiger partial charge on any atom is -0.496 e. The van der Waals surface area contributed by atoms with Gasteiger partial charge in [-0.25, -0.2) is 0 Å². The fourth-order valence-electron chi connectivity index (χ4n) is 2.70. The molecule has 0 bridgehead atoms. The van der Waals surface area contributed by atoms with E-state index < -0.39 is 0 Å². The Hall–Kier alpha value is -1.22. The maximum atomic E-state index is 5.47. The maximum Gasteiger partial charge on any atom is 0.126 e. The Kier molecular flexibility index (Phi) is 3.89. The molecule has 0 amide bonds. The van der Waals surface area contributed by atoms with Gasteiger partial charge in [0.05, 0.1) is 14.2 Å². The van der Waals surface area contributed by atoms with Gasteiger partial charge in [0.25, 0.3) is 0 Å². The second-order valence-corrected chi connectivity index (χ2v) is 4.58.